The first-order valence-electron chi connectivity index (χ1n) is 16.7. The van der Waals surface area contributed by atoms with Crippen molar-refractivity contribution in [2.75, 3.05) is 63.5 Å². The number of aromatic nitrogens is 5. The minimum atomic E-state index is -0.0529. The van der Waals surface area contributed by atoms with Gasteiger partial charge in [0.25, 0.3) is 0 Å². The number of nitrogens with zero attached hydrogens (tertiary/aromatic N) is 7. The van der Waals surface area contributed by atoms with Gasteiger partial charge in [-0.25, -0.2) is 9.97 Å². The van der Waals surface area contributed by atoms with Crippen molar-refractivity contribution in [2.24, 2.45) is 7.05 Å². The number of nitrogens with one attached hydrogen (secondary N) is 3. The van der Waals surface area contributed by atoms with Crippen LogP contribution in [0, 0.1) is 13.8 Å². The first kappa shape index (κ1) is 31.8. The molecular weight excluding hydrogens is 604 g/mol. The summed E-state index contributed by atoms with van der Waals surface area (Å²) in [6, 6.07) is 16.4. The summed E-state index contributed by atoms with van der Waals surface area (Å²) in [5.74, 6) is 1.99. The van der Waals surface area contributed by atoms with E-state index in [-0.39, 0.29) is 12.0 Å². The largest absolute Gasteiger partial charge is 0.489 e. The molecular formula is C36H44N10O2. The third-order valence-corrected chi connectivity index (χ3v) is 9.39. The van der Waals surface area contributed by atoms with Crippen LogP contribution in [0.25, 0.3) is 22.2 Å². The highest BCUT2D eigenvalue weighted by Gasteiger charge is 2.26. The van der Waals surface area contributed by atoms with Crippen molar-refractivity contribution < 1.29 is 9.53 Å². The van der Waals surface area contributed by atoms with Crippen molar-refractivity contribution in [1.29, 1.82) is 0 Å². The lowest BCUT2D eigenvalue weighted by atomic mass is 10.1. The van der Waals surface area contributed by atoms with E-state index in [0.717, 1.165) is 97.1 Å². The Balaban J connectivity index is 0.948. The normalized spacial score (nSPS) is 17.6. The molecule has 0 unspecified atom stereocenters. The van der Waals surface area contributed by atoms with Gasteiger partial charge in [0.15, 0.2) is 5.82 Å². The molecule has 7 rings (SSSR count). The highest BCUT2D eigenvalue weighted by Crippen LogP contribution is 2.33. The third-order valence-electron chi connectivity index (χ3n) is 9.39. The smallest absolute Gasteiger partial charge is 0.238 e. The van der Waals surface area contributed by atoms with Gasteiger partial charge in [0.2, 0.25) is 11.9 Å². The average molecular weight is 649 g/mol. The van der Waals surface area contributed by atoms with E-state index >= 15 is 0 Å². The zero-order valence-electron chi connectivity index (χ0n) is 28.2. The molecule has 0 bridgehead atoms. The van der Waals surface area contributed by atoms with Crippen molar-refractivity contribution in [2.45, 2.75) is 32.9 Å². The van der Waals surface area contributed by atoms with Crippen LogP contribution in [-0.2, 0) is 18.4 Å². The van der Waals surface area contributed by atoms with E-state index in [9.17, 15) is 4.79 Å². The Morgan fingerprint density at radius 1 is 1.02 bits per heavy atom. The Labute approximate surface area is 281 Å². The standard InChI is InChI=1S/C36H44N10O2/c1-24-19-38-36(40-32-18-25(2)44(4)42-32)41-34(24)30-20-37-35-29(30)6-5-7-31(35)39-33(47)23-46-13-12-28(22-46)48-27-10-8-26(9-11-27)21-45-16-14-43(3)15-17-45/h5-11,18-20,28,37H,12-17,21-23H2,1-4H3,(H,39,47)(H,38,40,41,42)/t28-/m0/s1. The van der Waals surface area contributed by atoms with E-state index < -0.39 is 0 Å². The molecule has 1 atom stereocenters. The Kier molecular flexibility index (Phi) is 9.11. The Hall–Kier alpha value is -4.78. The second kappa shape index (κ2) is 13.8. The molecule has 1 amide bonds. The molecule has 2 aromatic carbocycles. The van der Waals surface area contributed by atoms with Gasteiger partial charge in [-0.05, 0) is 56.6 Å². The Morgan fingerprint density at radius 3 is 2.60 bits per heavy atom. The zero-order valence-corrected chi connectivity index (χ0v) is 28.2. The molecule has 0 saturated carbocycles. The quantitative estimate of drug-likeness (QED) is 0.200. The fourth-order valence-corrected chi connectivity index (χ4v) is 6.53. The fourth-order valence-electron chi connectivity index (χ4n) is 6.53. The van der Waals surface area contributed by atoms with E-state index in [1.54, 1.807) is 4.68 Å². The summed E-state index contributed by atoms with van der Waals surface area (Å²) in [6.45, 7) is 11.3. The molecule has 250 valence electrons. The van der Waals surface area contributed by atoms with Crippen molar-refractivity contribution in [3.63, 3.8) is 0 Å². The highest BCUT2D eigenvalue weighted by atomic mass is 16.5. The maximum Gasteiger partial charge on any atom is 0.238 e. The van der Waals surface area contributed by atoms with Crippen molar-refractivity contribution in [3.05, 3.63) is 77.7 Å². The van der Waals surface area contributed by atoms with Gasteiger partial charge in [0.05, 0.1) is 23.4 Å². The maximum atomic E-state index is 13.2. The number of anilines is 3. The van der Waals surface area contributed by atoms with Gasteiger partial charge in [0, 0.05) is 88.0 Å². The zero-order chi connectivity index (χ0) is 33.2. The summed E-state index contributed by atoms with van der Waals surface area (Å²) in [7, 11) is 4.08. The first-order chi connectivity index (χ1) is 23.3. The van der Waals surface area contributed by atoms with E-state index in [2.05, 4.69) is 71.7 Å². The van der Waals surface area contributed by atoms with Gasteiger partial charge in [0.1, 0.15) is 11.9 Å². The number of carbonyl (C=O) groups excluding carboxylic acids is 1. The molecule has 0 spiro atoms. The maximum absolute atomic E-state index is 13.2. The van der Waals surface area contributed by atoms with Crippen LogP contribution >= 0.6 is 0 Å². The van der Waals surface area contributed by atoms with Crippen LogP contribution in [0.1, 0.15) is 23.2 Å². The molecule has 3 aromatic heterocycles. The first-order valence-corrected chi connectivity index (χ1v) is 16.7. The molecule has 3 N–H and O–H groups in total. The molecule has 2 fully saturated rings. The Morgan fingerprint density at radius 2 is 1.83 bits per heavy atom. The predicted molar refractivity (Wildman–Crippen MR) is 189 cm³/mol. The fraction of sp³-hybridized carbons (Fsp3) is 0.389. The summed E-state index contributed by atoms with van der Waals surface area (Å²) in [5.41, 5.74) is 6.63. The van der Waals surface area contributed by atoms with Crippen molar-refractivity contribution >= 4 is 34.3 Å². The number of aryl methyl sites for hydroxylation is 3. The van der Waals surface area contributed by atoms with Crippen LogP contribution in [0.4, 0.5) is 17.5 Å². The molecule has 2 aliphatic rings. The van der Waals surface area contributed by atoms with Crippen LogP contribution < -0.4 is 15.4 Å². The van der Waals surface area contributed by atoms with E-state index in [4.69, 9.17) is 9.72 Å². The van der Waals surface area contributed by atoms with Gasteiger partial charge in [-0.1, -0.05) is 24.3 Å². The molecule has 12 heteroatoms. The van der Waals surface area contributed by atoms with E-state index in [1.807, 2.05) is 57.6 Å². The molecule has 2 aliphatic heterocycles. The number of ether oxygens (including phenoxy) is 1. The molecule has 12 nitrogen and oxygen atoms in total. The molecule has 0 aliphatic carbocycles. The highest BCUT2D eigenvalue weighted by molar-refractivity contribution is 6.06. The van der Waals surface area contributed by atoms with Gasteiger partial charge < -0.3 is 25.3 Å². The van der Waals surface area contributed by atoms with Gasteiger partial charge in [-0.3, -0.25) is 19.3 Å². The number of hydrogen-bond donors (Lipinski definition) is 3. The number of aromatic amines is 1. The van der Waals surface area contributed by atoms with Crippen molar-refractivity contribution in [1.82, 2.24) is 39.4 Å². The van der Waals surface area contributed by atoms with Gasteiger partial charge >= 0.3 is 0 Å². The van der Waals surface area contributed by atoms with Crippen LogP contribution in [0.5, 0.6) is 5.75 Å². The summed E-state index contributed by atoms with van der Waals surface area (Å²) in [6.07, 6.45) is 4.70. The monoisotopic (exact) mass is 648 g/mol. The van der Waals surface area contributed by atoms with Crippen LogP contribution in [-0.4, -0.2) is 104 Å². The minimum absolute atomic E-state index is 0.0529. The van der Waals surface area contributed by atoms with Gasteiger partial charge in [-0.2, -0.15) is 5.10 Å². The lowest BCUT2D eigenvalue weighted by Crippen LogP contribution is -2.43. The van der Waals surface area contributed by atoms with Crippen LogP contribution in [0.15, 0.2) is 60.9 Å². The van der Waals surface area contributed by atoms with Crippen LogP contribution in [0.2, 0.25) is 0 Å². The number of piperazine rings is 1. The van der Waals surface area contributed by atoms with E-state index in [0.29, 0.717) is 18.3 Å². The predicted octanol–water partition coefficient (Wildman–Crippen LogP) is 4.56. The number of amides is 1. The van der Waals surface area contributed by atoms with Crippen LogP contribution in [0.3, 0.4) is 0 Å². The third kappa shape index (κ3) is 7.20. The lowest BCUT2D eigenvalue weighted by molar-refractivity contribution is -0.117. The average Bonchev–Trinajstić information content (AvgIpc) is 3.79. The number of hydrogen-bond acceptors (Lipinski definition) is 9. The minimum Gasteiger partial charge on any atom is -0.489 e. The number of fused-ring (bicyclic) bond motifs is 1. The molecule has 0 radical (unpaired) electrons. The second-order valence-corrected chi connectivity index (χ2v) is 13.1. The number of carbonyl (C=O) groups is 1. The second-order valence-electron chi connectivity index (χ2n) is 13.1. The van der Waals surface area contributed by atoms with Crippen molar-refractivity contribution in [3.8, 4) is 17.0 Å². The summed E-state index contributed by atoms with van der Waals surface area (Å²) in [4.78, 5) is 32.9. The Bertz CT molecular complexity index is 1870. The number of para-hydroxylation sites is 1. The number of H-pyrrole nitrogens is 1. The summed E-state index contributed by atoms with van der Waals surface area (Å²) in [5, 5.41) is 11.8. The SMILES string of the molecule is Cc1cnc(Nc2cc(C)n(C)n2)nc1-c1c[nH]c2c(NC(=O)CN3CC[C@H](Oc4ccc(CN5CCN(C)CC5)cc4)C3)cccc12. The number of likely N-dealkylation sites (tertiary alicyclic amines) is 1. The van der Waals surface area contributed by atoms with Gasteiger partial charge in [-0.15, -0.1) is 0 Å². The molecule has 5 aromatic rings. The number of rotatable bonds is 10. The number of likely N-dealkylation sites (N-methyl/N-ethyl adjacent to an activating group) is 1. The summed E-state index contributed by atoms with van der Waals surface area (Å²) >= 11 is 0. The number of benzene rings is 2. The molecule has 2 saturated heterocycles. The van der Waals surface area contributed by atoms with E-state index in [1.165, 1.54) is 5.56 Å². The summed E-state index contributed by atoms with van der Waals surface area (Å²) < 4.78 is 8.11. The molecule has 5 heterocycles. The lowest BCUT2D eigenvalue weighted by Gasteiger charge is -2.32. The topological polar surface area (TPSA) is 119 Å². The molecule has 48 heavy (non-hydrogen) atoms.